The molecule has 2 heterocycles. The van der Waals surface area contributed by atoms with Gasteiger partial charge >= 0.3 is 11.9 Å². The average molecular weight is 374 g/mol. The van der Waals surface area contributed by atoms with E-state index in [1.165, 1.54) is 0 Å². The van der Waals surface area contributed by atoms with Crippen LogP contribution in [-0.2, 0) is 24.1 Å². The Hall–Kier alpha value is -2.92. The number of halogens is 3. The first-order valence-corrected chi connectivity index (χ1v) is 7.66. The van der Waals surface area contributed by atoms with Crippen molar-refractivity contribution in [1.82, 2.24) is 24.9 Å². The highest BCUT2D eigenvalue weighted by molar-refractivity contribution is 5.76. The number of carbonyl (C=O) groups excluding carboxylic acids is 1. The molecule has 0 radical (unpaired) electrons. The minimum absolute atomic E-state index is 0.347. The molecule has 0 fully saturated rings. The largest absolute Gasteiger partial charge is 0.442 e. The van der Waals surface area contributed by atoms with Crippen LogP contribution in [0.2, 0.25) is 0 Å². The van der Waals surface area contributed by atoms with E-state index in [1.54, 1.807) is 23.9 Å². The molecule has 0 aliphatic rings. The fourth-order valence-electron chi connectivity index (χ4n) is 2.38. The first-order valence-electron chi connectivity index (χ1n) is 7.66. The molecule has 0 aliphatic heterocycles. The summed E-state index contributed by atoms with van der Waals surface area (Å²) in [5.41, 5.74) is -2.54. The zero-order chi connectivity index (χ0) is 19.6. The maximum Gasteiger partial charge on any atom is 0.442 e. The molecule has 2 aromatic heterocycles. The molecule has 2 aromatic rings. The second kappa shape index (κ2) is 7.14. The Morgan fingerprint density at radius 2 is 2.08 bits per heavy atom. The van der Waals surface area contributed by atoms with Crippen molar-refractivity contribution in [2.24, 2.45) is 0 Å². The number of hydrogen-bond acceptors (Lipinski definition) is 5. The minimum Gasteiger partial charge on any atom is -0.346 e. The summed E-state index contributed by atoms with van der Waals surface area (Å²) in [6.07, 6.45) is -3.26. The first-order chi connectivity index (χ1) is 12.0. The first kappa shape index (κ1) is 19.4. The van der Waals surface area contributed by atoms with E-state index in [1.807, 2.05) is 6.92 Å². The normalized spacial score (nSPS) is 12.8. The molecule has 2 rings (SSSR count). The zero-order valence-corrected chi connectivity index (χ0v) is 14.2. The van der Waals surface area contributed by atoms with E-state index in [0.29, 0.717) is 16.9 Å². The van der Waals surface area contributed by atoms with Crippen LogP contribution in [0, 0.1) is 17.0 Å². The highest BCUT2D eigenvalue weighted by Crippen LogP contribution is 2.36. The predicted octanol–water partition coefficient (Wildman–Crippen LogP) is 2.21. The Morgan fingerprint density at radius 3 is 2.54 bits per heavy atom. The quantitative estimate of drug-likeness (QED) is 0.616. The highest BCUT2D eigenvalue weighted by atomic mass is 19.4. The summed E-state index contributed by atoms with van der Waals surface area (Å²) in [4.78, 5) is 21.9. The van der Waals surface area contributed by atoms with Crippen LogP contribution < -0.4 is 5.32 Å². The molecule has 142 valence electrons. The zero-order valence-electron chi connectivity index (χ0n) is 14.2. The number of nitrogens with one attached hydrogen (secondary N) is 1. The van der Waals surface area contributed by atoms with Crippen LogP contribution in [-0.4, -0.2) is 30.4 Å². The number of nitrogens with zero attached hydrogens (tertiary/aromatic N) is 5. The van der Waals surface area contributed by atoms with E-state index < -0.39 is 41.0 Å². The van der Waals surface area contributed by atoms with Gasteiger partial charge in [0.1, 0.15) is 12.2 Å². The van der Waals surface area contributed by atoms with E-state index in [2.05, 4.69) is 15.5 Å². The number of carbonyl (C=O) groups is 1. The lowest BCUT2D eigenvalue weighted by atomic mass is 10.2. The molecule has 0 saturated carbocycles. The molecule has 26 heavy (non-hydrogen) atoms. The third-order valence-electron chi connectivity index (χ3n) is 3.73. The van der Waals surface area contributed by atoms with Crippen molar-refractivity contribution in [2.45, 2.75) is 46.1 Å². The molecule has 1 amide bonds. The summed E-state index contributed by atoms with van der Waals surface area (Å²) in [7, 11) is 0. The fourth-order valence-corrected chi connectivity index (χ4v) is 2.38. The Kier molecular flexibility index (Phi) is 5.33. The van der Waals surface area contributed by atoms with Crippen LogP contribution in [0.1, 0.15) is 37.0 Å². The topological polar surface area (TPSA) is 108 Å². The van der Waals surface area contributed by atoms with E-state index in [0.717, 1.165) is 6.92 Å². The summed E-state index contributed by atoms with van der Waals surface area (Å²) in [6, 6.07) is 1.23. The molecule has 0 bridgehead atoms. The van der Waals surface area contributed by atoms with Crippen molar-refractivity contribution in [3.8, 4) is 0 Å². The Bertz CT molecular complexity index is 826. The van der Waals surface area contributed by atoms with Crippen LogP contribution in [0.15, 0.2) is 12.3 Å². The fraction of sp³-hybridized carbons (Fsp3) is 0.500. The van der Waals surface area contributed by atoms with Gasteiger partial charge in [0.15, 0.2) is 0 Å². The second-order valence-corrected chi connectivity index (χ2v) is 5.58. The maximum atomic E-state index is 12.9. The van der Waals surface area contributed by atoms with Crippen molar-refractivity contribution in [3.05, 3.63) is 39.5 Å². The van der Waals surface area contributed by atoms with Crippen molar-refractivity contribution in [1.29, 1.82) is 0 Å². The molecule has 9 nitrogen and oxygen atoms in total. The average Bonchev–Trinajstić information content (AvgIpc) is 3.12. The predicted molar refractivity (Wildman–Crippen MR) is 83.1 cm³/mol. The smallest absolute Gasteiger partial charge is 0.346 e. The Morgan fingerprint density at radius 1 is 1.42 bits per heavy atom. The molecule has 1 unspecified atom stereocenters. The Labute approximate surface area is 145 Å². The van der Waals surface area contributed by atoms with Crippen molar-refractivity contribution in [2.75, 3.05) is 0 Å². The van der Waals surface area contributed by atoms with Crippen LogP contribution >= 0.6 is 0 Å². The molecule has 0 spiro atoms. The lowest BCUT2D eigenvalue weighted by Gasteiger charge is -2.12. The number of rotatable bonds is 6. The summed E-state index contributed by atoms with van der Waals surface area (Å²) in [5.74, 6) is -0.641. The third kappa shape index (κ3) is 4.00. The number of aromatic nitrogens is 4. The highest BCUT2D eigenvalue weighted by Gasteiger charge is 2.44. The van der Waals surface area contributed by atoms with E-state index >= 15 is 0 Å². The van der Waals surface area contributed by atoms with Gasteiger partial charge in [-0.15, -0.1) is 0 Å². The van der Waals surface area contributed by atoms with Crippen LogP contribution in [0.25, 0.3) is 0 Å². The molecule has 12 heteroatoms. The summed E-state index contributed by atoms with van der Waals surface area (Å²) >= 11 is 0. The molecule has 1 atom stereocenters. The third-order valence-corrected chi connectivity index (χ3v) is 3.73. The minimum atomic E-state index is -4.99. The van der Waals surface area contributed by atoms with Gasteiger partial charge in [-0.2, -0.15) is 23.4 Å². The van der Waals surface area contributed by atoms with Gasteiger partial charge in [0.2, 0.25) is 11.6 Å². The van der Waals surface area contributed by atoms with E-state index in [-0.39, 0.29) is 5.69 Å². The van der Waals surface area contributed by atoms with Crippen LogP contribution in [0.5, 0.6) is 0 Å². The molecule has 0 aliphatic carbocycles. The monoisotopic (exact) mass is 374 g/mol. The Balaban J connectivity index is 2.17. The number of nitro groups is 1. The standard InChI is InChI=1S/C14H17F3N6O3/c1-4-21-6-5-10(19-21)8(2)18-11(24)7-22-9(3)12(23(25)26)13(20-22)14(15,16)17/h5-6,8H,4,7H2,1-3H3,(H,18,24). The molecular weight excluding hydrogens is 357 g/mol. The van der Waals surface area contributed by atoms with Crippen molar-refractivity contribution < 1.29 is 22.9 Å². The number of amides is 1. The molecule has 1 N–H and O–H groups in total. The lowest BCUT2D eigenvalue weighted by Crippen LogP contribution is -2.31. The number of alkyl halides is 3. The van der Waals surface area contributed by atoms with Gasteiger partial charge in [-0.05, 0) is 26.8 Å². The van der Waals surface area contributed by atoms with Crippen LogP contribution in [0.3, 0.4) is 0 Å². The molecular formula is C14H17F3N6O3. The van der Waals surface area contributed by atoms with Gasteiger partial charge in [0, 0.05) is 12.7 Å². The van der Waals surface area contributed by atoms with Gasteiger partial charge in [-0.25, -0.2) is 0 Å². The lowest BCUT2D eigenvalue weighted by molar-refractivity contribution is -0.388. The van der Waals surface area contributed by atoms with Crippen molar-refractivity contribution >= 4 is 11.6 Å². The van der Waals surface area contributed by atoms with Crippen LogP contribution in [0.4, 0.5) is 18.9 Å². The summed E-state index contributed by atoms with van der Waals surface area (Å²) in [5, 5.41) is 20.9. The van der Waals surface area contributed by atoms with Gasteiger partial charge in [0.05, 0.1) is 16.7 Å². The van der Waals surface area contributed by atoms with E-state index in [9.17, 15) is 28.1 Å². The molecule has 0 saturated heterocycles. The van der Waals surface area contributed by atoms with Gasteiger partial charge in [-0.3, -0.25) is 24.3 Å². The van der Waals surface area contributed by atoms with Gasteiger partial charge in [0.25, 0.3) is 0 Å². The van der Waals surface area contributed by atoms with E-state index in [4.69, 9.17) is 0 Å². The van der Waals surface area contributed by atoms with Crippen molar-refractivity contribution in [3.63, 3.8) is 0 Å². The van der Waals surface area contributed by atoms with Gasteiger partial charge in [-0.1, -0.05) is 0 Å². The number of hydrogen-bond donors (Lipinski definition) is 1. The maximum absolute atomic E-state index is 12.9. The SMILES string of the molecule is CCn1ccc(C(C)NC(=O)Cn2nc(C(F)(F)F)c([N+](=O)[O-])c2C)n1. The van der Waals surface area contributed by atoms with Gasteiger partial charge < -0.3 is 5.32 Å². The summed E-state index contributed by atoms with van der Waals surface area (Å²) < 4.78 is 41.1. The number of aryl methyl sites for hydroxylation is 1. The summed E-state index contributed by atoms with van der Waals surface area (Å²) in [6.45, 7) is 4.74. The molecule has 0 aromatic carbocycles. The second-order valence-electron chi connectivity index (χ2n) is 5.58.